The third-order valence-electron chi connectivity index (χ3n) is 2.76. The number of benzene rings is 1. The molecule has 0 aliphatic heterocycles. The molecule has 0 atom stereocenters. The van der Waals surface area contributed by atoms with Crippen LogP contribution in [0.25, 0.3) is 10.9 Å². The molecule has 0 saturated carbocycles. The van der Waals surface area contributed by atoms with Gasteiger partial charge in [0.15, 0.2) is 0 Å². The summed E-state index contributed by atoms with van der Waals surface area (Å²) in [4.78, 5) is 13.7. The Morgan fingerprint density at radius 2 is 2.18 bits per heavy atom. The molecule has 4 heteroatoms. The van der Waals surface area contributed by atoms with Gasteiger partial charge in [0.1, 0.15) is 0 Å². The Balaban J connectivity index is 2.07. The second-order valence-electron chi connectivity index (χ2n) is 4.09. The van der Waals surface area contributed by atoms with Crippen molar-refractivity contribution in [2.75, 3.05) is 11.9 Å². The molecule has 90 valence electrons. The molecule has 3 N–H and O–H groups in total. The van der Waals surface area contributed by atoms with E-state index in [4.69, 9.17) is 5.11 Å². The van der Waals surface area contributed by atoms with Crippen molar-refractivity contribution >= 4 is 22.6 Å². The van der Waals surface area contributed by atoms with Crippen LogP contribution in [0.5, 0.6) is 0 Å². The number of carboxylic acid groups (broad SMARTS) is 1. The molecule has 1 heterocycles. The first kappa shape index (κ1) is 11.5. The molecule has 0 bridgehead atoms. The Kier molecular flexibility index (Phi) is 3.32. The van der Waals surface area contributed by atoms with Gasteiger partial charge in [-0.1, -0.05) is 18.2 Å². The SMILES string of the molecule is Cc1[nH]c2ccccc2c1NCCCC(=O)O. The fourth-order valence-corrected chi connectivity index (χ4v) is 1.96. The summed E-state index contributed by atoms with van der Waals surface area (Å²) < 4.78 is 0. The zero-order valence-corrected chi connectivity index (χ0v) is 9.79. The van der Waals surface area contributed by atoms with Crippen LogP contribution >= 0.6 is 0 Å². The lowest BCUT2D eigenvalue weighted by atomic mass is 10.2. The lowest BCUT2D eigenvalue weighted by molar-refractivity contribution is -0.137. The number of fused-ring (bicyclic) bond motifs is 1. The molecule has 0 unspecified atom stereocenters. The molecule has 0 spiro atoms. The highest BCUT2D eigenvalue weighted by Gasteiger charge is 2.06. The van der Waals surface area contributed by atoms with E-state index in [1.54, 1.807) is 0 Å². The average molecular weight is 232 g/mol. The van der Waals surface area contributed by atoms with Crippen molar-refractivity contribution in [2.24, 2.45) is 0 Å². The second kappa shape index (κ2) is 4.91. The van der Waals surface area contributed by atoms with Crippen LogP contribution in [0, 0.1) is 6.92 Å². The van der Waals surface area contributed by atoms with E-state index in [-0.39, 0.29) is 6.42 Å². The Morgan fingerprint density at radius 3 is 2.94 bits per heavy atom. The van der Waals surface area contributed by atoms with Gasteiger partial charge in [-0.2, -0.15) is 0 Å². The standard InChI is InChI=1S/C13H16N2O2/c1-9-13(14-8-4-7-12(16)17)10-5-2-3-6-11(10)15-9/h2-3,5-6,14-15H,4,7-8H2,1H3,(H,16,17). The smallest absolute Gasteiger partial charge is 0.303 e. The van der Waals surface area contributed by atoms with E-state index in [1.807, 2.05) is 25.1 Å². The number of aromatic amines is 1. The van der Waals surface area contributed by atoms with Gasteiger partial charge in [-0.3, -0.25) is 4.79 Å². The van der Waals surface area contributed by atoms with Crippen LogP contribution < -0.4 is 5.32 Å². The highest BCUT2D eigenvalue weighted by atomic mass is 16.4. The van der Waals surface area contributed by atoms with E-state index < -0.39 is 5.97 Å². The van der Waals surface area contributed by atoms with Crippen molar-refractivity contribution in [1.82, 2.24) is 4.98 Å². The number of aliphatic carboxylic acids is 1. The van der Waals surface area contributed by atoms with Crippen molar-refractivity contribution in [2.45, 2.75) is 19.8 Å². The Hall–Kier alpha value is -1.97. The van der Waals surface area contributed by atoms with E-state index in [9.17, 15) is 4.79 Å². The van der Waals surface area contributed by atoms with Crippen molar-refractivity contribution in [1.29, 1.82) is 0 Å². The van der Waals surface area contributed by atoms with E-state index in [1.165, 1.54) is 0 Å². The molecule has 2 aromatic rings. The van der Waals surface area contributed by atoms with Crippen LogP contribution in [0.1, 0.15) is 18.5 Å². The van der Waals surface area contributed by atoms with Crippen LogP contribution in [0.2, 0.25) is 0 Å². The number of aromatic nitrogens is 1. The normalized spacial score (nSPS) is 10.6. The largest absolute Gasteiger partial charge is 0.481 e. The van der Waals surface area contributed by atoms with E-state index in [0.29, 0.717) is 13.0 Å². The summed E-state index contributed by atoms with van der Waals surface area (Å²) in [5.74, 6) is -0.748. The number of carbonyl (C=O) groups is 1. The molecule has 0 fully saturated rings. The molecule has 0 aliphatic rings. The number of para-hydroxylation sites is 1. The first-order valence-corrected chi connectivity index (χ1v) is 5.71. The molecule has 2 rings (SSSR count). The summed E-state index contributed by atoms with van der Waals surface area (Å²) >= 11 is 0. The Bertz CT molecular complexity index is 531. The van der Waals surface area contributed by atoms with E-state index in [0.717, 1.165) is 22.3 Å². The summed E-state index contributed by atoms with van der Waals surface area (Å²) in [5.41, 5.74) is 3.26. The van der Waals surface area contributed by atoms with Crippen LogP contribution in [0.3, 0.4) is 0 Å². The first-order valence-electron chi connectivity index (χ1n) is 5.71. The minimum atomic E-state index is -0.748. The maximum absolute atomic E-state index is 10.4. The molecule has 1 aromatic heterocycles. The first-order chi connectivity index (χ1) is 8.18. The maximum atomic E-state index is 10.4. The molecule has 0 aliphatic carbocycles. The van der Waals surface area contributed by atoms with Crippen LogP contribution in [-0.2, 0) is 4.79 Å². The van der Waals surface area contributed by atoms with Crippen LogP contribution in [-0.4, -0.2) is 22.6 Å². The highest BCUT2D eigenvalue weighted by Crippen LogP contribution is 2.26. The van der Waals surface area contributed by atoms with E-state index >= 15 is 0 Å². The maximum Gasteiger partial charge on any atom is 0.303 e. The molecule has 0 saturated heterocycles. The monoisotopic (exact) mass is 232 g/mol. The quantitative estimate of drug-likeness (QED) is 0.694. The number of rotatable bonds is 5. The molecule has 0 amide bonds. The number of anilines is 1. The minimum Gasteiger partial charge on any atom is -0.481 e. The number of H-pyrrole nitrogens is 1. The van der Waals surface area contributed by atoms with Crippen LogP contribution in [0.15, 0.2) is 24.3 Å². The predicted molar refractivity (Wildman–Crippen MR) is 68.4 cm³/mol. The van der Waals surface area contributed by atoms with Gasteiger partial charge in [-0.25, -0.2) is 0 Å². The third kappa shape index (κ3) is 2.58. The summed E-state index contributed by atoms with van der Waals surface area (Å²) in [5, 5.41) is 13.0. The molecule has 17 heavy (non-hydrogen) atoms. The third-order valence-corrected chi connectivity index (χ3v) is 2.76. The number of carboxylic acids is 1. The number of aryl methyl sites for hydroxylation is 1. The fourth-order valence-electron chi connectivity index (χ4n) is 1.96. The molecular formula is C13H16N2O2. The van der Waals surface area contributed by atoms with Crippen LogP contribution in [0.4, 0.5) is 5.69 Å². The highest BCUT2D eigenvalue weighted by molar-refractivity contribution is 5.94. The van der Waals surface area contributed by atoms with Crippen molar-refractivity contribution in [3.8, 4) is 0 Å². The van der Waals surface area contributed by atoms with Gasteiger partial charge in [-0.05, 0) is 19.4 Å². The minimum absolute atomic E-state index is 0.203. The van der Waals surface area contributed by atoms with Crippen molar-refractivity contribution in [3.63, 3.8) is 0 Å². The van der Waals surface area contributed by atoms with Gasteiger partial charge in [0.25, 0.3) is 0 Å². The summed E-state index contributed by atoms with van der Waals surface area (Å²) in [6, 6.07) is 8.08. The lowest BCUT2D eigenvalue weighted by Gasteiger charge is -2.05. The predicted octanol–water partition coefficient (Wildman–Crippen LogP) is 2.75. The zero-order chi connectivity index (χ0) is 12.3. The van der Waals surface area contributed by atoms with Crippen molar-refractivity contribution in [3.05, 3.63) is 30.0 Å². The second-order valence-corrected chi connectivity index (χ2v) is 4.09. The molecule has 1 aromatic carbocycles. The topological polar surface area (TPSA) is 65.1 Å². The van der Waals surface area contributed by atoms with Gasteiger partial charge in [0.05, 0.1) is 5.69 Å². The Labute approximate surface area is 99.7 Å². The van der Waals surface area contributed by atoms with Gasteiger partial charge >= 0.3 is 5.97 Å². The summed E-state index contributed by atoms with van der Waals surface area (Å²) in [6.45, 7) is 2.69. The van der Waals surface area contributed by atoms with Gasteiger partial charge in [-0.15, -0.1) is 0 Å². The Morgan fingerprint density at radius 1 is 1.41 bits per heavy atom. The summed E-state index contributed by atoms with van der Waals surface area (Å²) in [7, 11) is 0. The average Bonchev–Trinajstić information content (AvgIpc) is 2.60. The number of hydrogen-bond acceptors (Lipinski definition) is 2. The van der Waals surface area contributed by atoms with Gasteiger partial charge in [0, 0.05) is 29.6 Å². The fraction of sp³-hybridized carbons (Fsp3) is 0.308. The van der Waals surface area contributed by atoms with Crippen molar-refractivity contribution < 1.29 is 9.90 Å². The molecular weight excluding hydrogens is 216 g/mol. The number of nitrogens with one attached hydrogen (secondary N) is 2. The molecule has 0 radical (unpaired) electrons. The van der Waals surface area contributed by atoms with Gasteiger partial charge in [0.2, 0.25) is 0 Å². The lowest BCUT2D eigenvalue weighted by Crippen LogP contribution is -2.05. The van der Waals surface area contributed by atoms with Gasteiger partial charge < -0.3 is 15.4 Å². The molecule has 4 nitrogen and oxygen atoms in total. The zero-order valence-electron chi connectivity index (χ0n) is 9.79. The summed E-state index contributed by atoms with van der Waals surface area (Å²) in [6.07, 6.45) is 0.836. The van der Waals surface area contributed by atoms with E-state index in [2.05, 4.69) is 16.4 Å². The number of hydrogen-bond donors (Lipinski definition) is 3.